The van der Waals surface area contributed by atoms with Crippen molar-refractivity contribution in [2.45, 2.75) is 19.3 Å². The number of hydrogen-bond acceptors (Lipinski definition) is 3. The van der Waals surface area contributed by atoms with Gasteiger partial charge in [0.2, 0.25) is 5.91 Å². The quantitative estimate of drug-likeness (QED) is 0.544. The maximum absolute atomic E-state index is 11.2. The highest BCUT2D eigenvalue weighted by molar-refractivity contribution is 5.84. The maximum atomic E-state index is 11.2. The number of ketones is 1. The summed E-state index contributed by atoms with van der Waals surface area (Å²) < 4.78 is 0. The molecular weight excluding hydrogens is 156 g/mol. The highest BCUT2D eigenvalue weighted by Crippen LogP contribution is 2.16. The minimum Gasteiger partial charge on any atom is -0.298 e. The predicted octanol–water partition coefficient (Wildman–Crippen LogP) is -0.201. The standard InChI is InChI=1S/C8H12N2O2/c11-7-3-5-9(6-7)10-4-1-2-8(10)12/h1-6H2. The van der Waals surface area contributed by atoms with Crippen LogP contribution in [0.5, 0.6) is 0 Å². The third-order valence-corrected chi connectivity index (χ3v) is 2.40. The lowest BCUT2D eigenvalue weighted by atomic mass is 10.4. The molecule has 0 aromatic rings. The Morgan fingerprint density at radius 1 is 1.08 bits per heavy atom. The Labute approximate surface area is 71.1 Å². The SMILES string of the molecule is O=C1CCN(N2CCCC2=O)C1. The molecule has 2 aliphatic heterocycles. The van der Waals surface area contributed by atoms with Gasteiger partial charge in [0.15, 0.2) is 0 Å². The Kier molecular flexibility index (Phi) is 1.84. The molecule has 4 nitrogen and oxygen atoms in total. The minimum absolute atomic E-state index is 0.171. The zero-order chi connectivity index (χ0) is 8.55. The lowest BCUT2D eigenvalue weighted by molar-refractivity contribution is -0.141. The highest BCUT2D eigenvalue weighted by atomic mass is 16.2. The molecule has 2 saturated heterocycles. The summed E-state index contributed by atoms with van der Waals surface area (Å²) in [7, 11) is 0. The Bertz CT molecular complexity index is 227. The van der Waals surface area contributed by atoms with Gasteiger partial charge < -0.3 is 0 Å². The zero-order valence-electron chi connectivity index (χ0n) is 6.95. The molecule has 0 unspecified atom stereocenters. The topological polar surface area (TPSA) is 40.6 Å². The number of carbonyl (C=O) groups excluding carboxylic acids is 2. The van der Waals surface area contributed by atoms with Crippen LogP contribution in [0, 0.1) is 0 Å². The number of carbonyl (C=O) groups is 2. The molecule has 2 rings (SSSR count). The van der Waals surface area contributed by atoms with E-state index in [0.29, 0.717) is 19.4 Å². The zero-order valence-corrected chi connectivity index (χ0v) is 6.95. The molecule has 0 aromatic heterocycles. The fourth-order valence-corrected chi connectivity index (χ4v) is 1.75. The first-order valence-corrected chi connectivity index (χ1v) is 4.34. The van der Waals surface area contributed by atoms with Crippen LogP contribution in [0.3, 0.4) is 0 Å². The van der Waals surface area contributed by atoms with Crippen molar-refractivity contribution >= 4 is 11.7 Å². The Morgan fingerprint density at radius 2 is 1.92 bits per heavy atom. The number of amides is 1. The fraction of sp³-hybridized carbons (Fsp3) is 0.750. The molecule has 4 heteroatoms. The van der Waals surface area contributed by atoms with Crippen LogP contribution in [0.1, 0.15) is 19.3 Å². The second-order valence-corrected chi connectivity index (χ2v) is 3.30. The van der Waals surface area contributed by atoms with Gasteiger partial charge in [0.1, 0.15) is 5.78 Å². The molecule has 0 saturated carbocycles. The van der Waals surface area contributed by atoms with Gasteiger partial charge in [-0.25, -0.2) is 5.01 Å². The summed E-state index contributed by atoms with van der Waals surface area (Å²) in [5, 5.41) is 3.60. The van der Waals surface area contributed by atoms with Crippen molar-refractivity contribution in [3.63, 3.8) is 0 Å². The molecule has 12 heavy (non-hydrogen) atoms. The first-order chi connectivity index (χ1) is 5.77. The highest BCUT2D eigenvalue weighted by Gasteiger charge is 2.30. The summed E-state index contributed by atoms with van der Waals surface area (Å²) in [6.45, 7) is 1.96. The third-order valence-electron chi connectivity index (χ3n) is 2.40. The van der Waals surface area contributed by atoms with E-state index in [0.717, 1.165) is 19.5 Å². The van der Waals surface area contributed by atoms with Crippen LogP contribution >= 0.6 is 0 Å². The van der Waals surface area contributed by atoms with E-state index >= 15 is 0 Å². The van der Waals surface area contributed by atoms with E-state index in [-0.39, 0.29) is 11.7 Å². The predicted molar refractivity (Wildman–Crippen MR) is 42.1 cm³/mol. The fourth-order valence-electron chi connectivity index (χ4n) is 1.75. The molecule has 0 aromatic carbocycles. The summed E-state index contributed by atoms with van der Waals surface area (Å²) in [5.74, 6) is 0.416. The van der Waals surface area contributed by atoms with Crippen molar-refractivity contribution < 1.29 is 9.59 Å². The van der Waals surface area contributed by atoms with Gasteiger partial charge in [0, 0.05) is 25.9 Å². The van der Waals surface area contributed by atoms with E-state index in [4.69, 9.17) is 0 Å². The first-order valence-electron chi connectivity index (χ1n) is 4.34. The third kappa shape index (κ3) is 1.22. The smallest absolute Gasteiger partial charge is 0.236 e. The van der Waals surface area contributed by atoms with Crippen LogP contribution in [-0.4, -0.2) is 41.3 Å². The van der Waals surface area contributed by atoms with Gasteiger partial charge in [-0.1, -0.05) is 0 Å². The summed E-state index contributed by atoms with van der Waals surface area (Å²) >= 11 is 0. The summed E-state index contributed by atoms with van der Waals surface area (Å²) in [5.41, 5.74) is 0. The van der Waals surface area contributed by atoms with E-state index in [2.05, 4.69) is 0 Å². The first kappa shape index (κ1) is 7.73. The van der Waals surface area contributed by atoms with Gasteiger partial charge in [-0.3, -0.25) is 14.6 Å². The number of hydrogen-bond donors (Lipinski definition) is 0. The van der Waals surface area contributed by atoms with Gasteiger partial charge in [0.25, 0.3) is 0 Å². The van der Waals surface area contributed by atoms with Crippen LogP contribution in [0.15, 0.2) is 0 Å². The van der Waals surface area contributed by atoms with Gasteiger partial charge in [-0.2, -0.15) is 0 Å². The molecule has 66 valence electrons. The normalized spacial score (nSPS) is 25.8. The second kappa shape index (κ2) is 2.86. The number of Topliss-reactive ketones (excluding diaryl/α,β-unsaturated/α-hetero) is 1. The lowest BCUT2D eigenvalue weighted by Crippen LogP contribution is -2.41. The van der Waals surface area contributed by atoms with Gasteiger partial charge >= 0.3 is 0 Å². The van der Waals surface area contributed by atoms with E-state index in [1.54, 1.807) is 5.01 Å². The molecule has 0 atom stereocenters. The van der Waals surface area contributed by atoms with Crippen LogP contribution in [0.2, 0.25) is 0 Å². The molecule has 2 aliphatic rings. The van der Waals surface area contributed by atoms with E-state index in [1.165, 1.54) is 0 Å². The van der Waals surface area contributed by atoms with Gasteiger partial charge in [0.05, 0.1) is 6.54 Å². The van der Waals surface area contributed by atoms with Crippen molar-refractivity contribution in [1.29, 1.82) is 0 Å². The largest absolute Gasteiger partial charge is 0.298 e. The van der Waals surface area contributed by atoms with E-state index < -0.39 is 0 Å². The maximum Gasteiger partial charge on any atom is 0.236 e. The average molecular weight is 168 g/mol. The molecule has 1 amide bonds. The summed E-state index contributed by atoms with van der Waals surface area (Å²) in [4.78, 5) is 22.2. The number of nitrogens with zero attached hydrogens (tertiary/aromatic N) is 2. The van der Waals surface area contributed by atoms with Gasteiger partial charge in [-0.05, 0) is 6.42 Å². The van der Waals surface area contributed by atoms with Crippen LogP contribution in [0.25, 0.3) is 0 Å². The van der Waals surface area contributed by atoms with E-state index in [1.807, 2.05) is 5.01 Å². The molecule has 0 radical (unpaired) electrons. The molecule has 0 spiro atoms. The summed E-state index contributed by atoms with van der Waals surface area (Å²) in [6.07, 6.45) is 2.18. The molecule has 0 N–H and O–H groups in total. The number of rotatable bonds is 1. The monoisotopic (exact) mass is 168 g/mol. The molecule has 2 heterocycles. The lowest BCUT2D eigenvalue weighted by Gasteiger charge is -2.25. The van der Waals surface area contributed by atoms with Crippen LogP contribution < -0.4 is 0 Å². The van der Waals surface area contributed by atoms with Crippen molar-refractivity contribution in [3.8, 4) is 0 Å². The summed E-state index contributed by atoms with van der Waals surface area (Å²) in [6, 6.07) is 0. The molecule has 0 aliphatic carbocycles. The second-order valence-electron chi connectivity index (χ2n) is 3.30. The Morgan fingerprint density at radius 3 is 2.42 bits per heavy atom. The van der Waals surface area contributed by atoms with Crippen molar-refractivity contribution in [2.24, 2.45) is 0 Å². The molecule has 2 fully saturated rings. The average Bonchev–Trinajstić information content (AvgIpc) is 2.58. The van der Waals surface area contributed by atoms with Crippen LogP contribution in [0.4, 0.5) is 0 Å². The molecular formula is C8H12N2O2. The Hall–Kier alpha value is -0.900. The van der Waals surface area contributed by atoms with Crippen molar-refractivity contribution in [3.05, 3.63) is 0 Å². The van der Waals surface area contributed by atoms with Crippen LogP contribution in [-0.2, 0) is 9.59 Å². The Balaban J connectivity index is 2.00. The number of hydrazine groups is 1. The minimum atomic E-state index is 0.171. The molecule has 0 bridgehead atoms. The van der Waals surface area contributed by atoms with Crippen molar-refractivity contribution in [1.82, 2.24) is 10.0 Å². The van der Waals surface area contributed by atoms with Gasteiger partial charge in [-0.15, -0.1) is 0 Å². The van der Waals surface area contributed by atoms with Crippen molar-refractivity contribution in [2.75, 3.05) is 19.6 Å². The van der Waals surface area contributed by atoms with E-state index in [9.17, 15) is 9.59 Å².